The fourth-order valence-electron chi connectivity index (χ4n) is 2.76. The van der Waals surface area contributed by atoms with Crippen molar-refractivity contribution in [3.63, 3.8) is 0 Å². The summed E-state index contributed by atoms with van der Waals surface area (Å²) in [6.07, 6.45) is 0.920. The first-order valence-electron chi connectivity index (χ1n) is 9.30. The minimum Gasteiger partial charge on any atom is -0.507 e. The highest BCUT2D eigenvalue weighted by atomic mass is 32.1. The number of phenolic OH excluding ortho intramolecular Hbond substituents is 1. The molecule has 3 rings (SSSR count). The van der Waals surface area contributed by atoms with Gasteiger partial charge in [-0.3, -0.25) is 25.8 Å². The van der Waals surface area contributed by atoms with Gasteiger partial charge in [-0.05, 0) is 59.2 Å². The standard InChI is InChI=1S/C22H21N3O4S/c1-2-14-7-9-17(10-8-14)29-13-20(27)23-22(30)25-24-21(28)18-11-15-5-3-4-6-16(15)12-19(18)26/h3-12,26H,2,13H2,1H3,(H,24,28)(H2,23,25,27,30). The van der Waals surface area contributed by atoms with Crippen molar-refractivity contribution in [1.29, 1.82) is 0 Å². The molecule has 7 nitrogen and oxygen atoms in total. The van der Waals surface area contributed by atoms with Gasteiger partial charge in [0, 0.05) is 0 Å². The first kappa shape index (κ1) is 21.1. The molecular formula is C22H21N3O4S. The van der Waals surface area contributed by atoms with E-state index in [1.165, 1.54) is 11.6 Å². The van der Waals surface area contributed by atoms with Crippen molar-refractivity contribution in [2.24, 2.45) is 0 Å². The van der Waals surface area contributed by atoms with Gasteiger partial charge in [-0.15, -0.1) is 0 Å². The number of nitrogens with one attached hydrogen (secondary N) is 3. The topological polar surface area (TPSA) is 99.7 Å². The molecule has 0 unspecified atom stereocenters. The van der Waals surface area contributed by atoms with Crippen LogP contribution in [0.4, 0.5) is 0 Å². The smallest absolute Gasteiger partial charge is 0.273 e. The zero-order valence-corrected chi connectivity index (χ0v) is 17.1. The highest BCUT2D eigenvalue weighted by molar-refractivity contribution is 7.80. The minimum absolute atomic E-state index is 0.0780. The molecule has 0 aromatic heterocycles. The number of carbonyl (C=O) groups excluding carboxylic acids is 2. The molecule has 0 aliphatic carbocycles. The van der Waals surface area contributed by atoms with Crippen LogP contribution in [0.5, 0.6) is 11.5 Å². The van der Waals surface area contributed by atoms with Crippen molar-refractivity contribution in [2.45, 2.75) is 13.3 Å². The summed E-state index contributed by atoms with van der Waals surface area (Å²) < 4.78 is 5.40. The second kappa shape index (κ2) is 9.71. The van der Waals surface area contributed by atoms with Gasteiger partial charge in [-0.25, -0.2) is 0 Å². The lowest BCUT2D eigenvalue weighted by Gasteiger charge is -2.12. The van der Waals surface area contributed by atoms with Crippen LogP contribution in [0.3, 0.4) is 0 Å². The molecule has 30 heavy (non-hydrogen) atoms. The maximum atomic E-state index is 12.3. The maximum Gasteiger partial charge on any atom is 0.273 e. The molecule has 0 saturated heterocycles. The molecule has 0 heterocycles. The zero-order valence-electron chi connectivity index (χ0n) is 16.3. The summed E-state index contributed by atoms with van der Waals surface area (Å²) in [6, 6.07) is 17.9. The fraction of sp³-hybridized carbons (Fsp3) is 0.136. The van der Waals surface area contributed by atoms with Crippen LogP contribution >= 0.6 is 12.2 Å². The Labute approximate surface area is 179 Å². The Balaban J connectivity index is 1.48. The van der Waals surface area contributed by atoms with Gasteiger partial charge in [0.05, 0.1) is 5.56 Å². The van der Waals surface area contributed by atoms with Gasteiger partial charge in [-0.2, -0.15) is 0 Å². The number of fused-ring (bicyclic) bond motifs is 1. The minimum atomic E-state index is -0.595. The molecule has 0 atom stereocenters. The average Bonchev–Trinajstić information content (AvgIpc) is 2.76. The summed E-state index contributed by atoms with van der Waals surface area (Å²) in [5, 5.41) is 14.0. The summed E-state index contributed by atoms with van der Waals surface area (Å²) in [6.45, 7) is 1.82. The number of aryl methyl sites for hydroxylation is 1. The highest BCUT2D eigenvalue weighted by Gasteiger charge is 2.13. The van der Waals surface area contributed by atoms with Crippen molar-refractivity contribution < 1.29 is 19.4 Å². The third kappa shape index (κ3) is 5.45. The van der Waals surface area contributed by atoms with Crippen molar-refractivity contribution in [3.05, 3.63) is 71.8 Å². The van der Waals surface area contributed by atoms with Gasteiger partial charge in [0.2, 0.25) is 0 Å². The molecule has 2 amide bonds. The SMILES string of the molecule is CCc1ccc(OCC(=O)NC(=S)NNC(=O)c2cc3ccccc3cc2O)cc1. The van der Waals surface area contributed by atoms with Crippen LogP contribution in [0, 0.1) is 0 Å². The number of aromatic hydroxyl groups is 1. The van der Waals surface area contributed by atoms with Gasteiger partial charge >= 0.3 is 0 Å². The van der Waals surface area contributed by atoms with Gasteiger partial charge < -0.3 is 9.84 Å². The first-order valence-corrected chi connectivity index (χ1v) is 9.70. The Morgan fingerprint density at radius 1 is 1.00 bits per heavy atom. The summed E-state index contributed by atoms with van der Waals surface area (Å²) in [5.74, 6) is -0.663. The second-order valence-corrected chi connectivity index (χ2v) is 6.87. The fourth-order valence-corrected chi connectivity index (χ4v) is 2.92. The molecule has 0 radical (unpaired) electrons. The number of carbonyl (C=O) groups is 2. The van der Waals surface area contributed by atoms with Gasteiger partial charge in [-0.1, -0.05) is 43.3 Å². The van der Waals surface area contributed by atoms with E-state index in [-0.39, 0.29) is 23.0 Å². The summed E-state index contributed by atoms with van der Waals surface area (Å²) >= 11 is 5.00. The van der Waals surface area contributed by atoms with E-state index in [1.54, 1.807) is 18.2 Å². The second-order valence-electron chi connectivity index (χ2n) is 6.46. The third-order valence-corrected chi connectivity index (χ3v) is 4.56. The Morgan fingerprint density at radius 2 is 1.67 bits per heavy atom. The van der Waals surface area contributed by atoms with Crippen LogP contribution < -0.4 is 20.9 Å². The van der Waals surface area contributed by atoms with E-state index in [1.807, 2.05) is 36.4 Å². The van der Waals surface area contributed by atoms with E-state index in [4.69, 9.17) is 17.0 Å². The van der Waals surface area contributed by atoms with E-state index < -0.39 is 11.8 Å². The number of phenols is 1. The first-order chi connectivity index (χ1) is 14.5. The quantitative estimate of drug-likeness (QED) is 0.372. The summed E-state index contributed by atoms with van der Waals surface area (Å²) in [4.78, 5) is 24.3. The molecule has 8 heteroatoms. The third-order valence-electron chi connectivity index (χ3n) is 4.35. The lowest BCUT2D eigenvalue weighted by molar-refractivity contribution is -0.121. The van der Waals surface area contributed by atoms with E-state index in [2.05, 4.69) is 23.1 Å². The molecule has 0 aliphatic heterocycles. The number of thiocarbonyl (C=S) groups is 1. The van der Waals surface area contributed by atoms with Crippen LogP contribution in [0.25, 0.3) is 10.8 Å². The van der Waals surface area contributed by atoms with Gasteiger partial charge in [0.1, 0.15) is 11.5 Å². The zero-order chi connectivity index (χ0) is 21.5. The van der Waals surface area contributed by atoms with E-state index >= 15 is 0 Å². The molecule has 0 spiro atoms. The van der Waals surface area contributed by atoms with Crippen LogP contribution in [-0.4, -0.2) is 28.6 Å². The number of benzene rings is 3. The Morgan fingerprint density at radius 3 is 2.33 bits per heavy atom. The molecular weight excluding hydrogens is 402 g/mol. The molecule has 154 valence electrons. The predicted molar refractivity (Wildman–Crippen MR) is 118 cm³/mol. The van der Waals surface area contributed by atoms with Gasteiger partial charge in [0.25, 0.3) is 11.8 Å². The van der Waals surface area contributed by atoms with Crippen molar-refractivity contribution in [1.82, 2.24) is 16.2 Å². The molecule has 0 fully saturated rings. The van der Waals surface area contributed by atoms with Crippen LogP contribution in [0.2, 0.25) is 0 Å². The average molecular weight is 423 g/mol. The number of hydrazine groups is 1. The van der Waals surface area contributed by atoms with Crippen molar-refractivity contribution in [3.8, 4) is 11.5 Å². The largest absolute Gasteiger partial charge is 0.507 e. The lowest BCUT2D eigenvalue weighted by Crippen LogP contribution is -2.49. The molecule has 0 aliphatic rings. The van der Waals surface area contributed by atoms with E-state index in [9.17, 15) is 14.7 Å². The molecule has 3 aromatic carbocycles. The normalized spacial score (nSPS) is 10.3. The Kier molecular flexibility index (Phi) is 6.82. The molecule has 0 saturated carbocycles. The summed E-state index contributed by atoms with van der Waals surface area (Å²) in [7, 11) is 0. The predicted octanol–water partition coefficient (Wildman–Crippen LogP) is 2.82. The lowest BCUT2D eigenvalue weighted by atomic mass is 10.1. The number of hydrogen-bond acceptors (Lipinski definition) is 5. The summed E-state index contributed by atoms with van der Waals surface area (Å²) in [5.41, 5.74) is 6.03. The maximum absolute atomic E-state index is 12.3. The van der Waals surface area contributed by atoms with E-state index in [0.717, 1.165) is 17.2 Å². The van der Waals surface area contributed by atoms with E-state index in [0.29, 0.717) is 5.75 Å². The number of rotatable bonds is 5. The van der Waals surface area contributed by atoms with Crippen molar-refractivity contribution in [2.75, 3.05) is 6.61 Å². The highest BCUT2D eigenvalue weighted by Crippen LogP contribution is 2.24. The monoisotopic (exact) mass is 423 g/mol. The van der Waals surface area contributed by atoms with Crippen molar-refractivity contribution >= 4 is 39.9 Å². The number of hydrogen-bond donors (Lipinski definition) is 4. The number of amides is 2. The molecule has 0 bridgehead atoms. The van der Waals surface area contributed by atoms with Crippen LogP contribution in [0.1, 0.15) is 22.8 Å². The molecule has 3 aromatic rings. The van der Waals surface area contributed by atoms with Crippen LogP contribution in [-0.2, 0) is 11.2 Å². The van der Waals surface area contributed by atoms with Crippen LogP contribution in [0.15, 0.2) is 60.7 Å². The molecule has 4 N–H and O–H groups in total. The Hall–Kier alpha value is -3.65. The number of ether oxygens (including phenoxy) is 1. The Bertz CT molecular complexity index is 1080. The van der Waals surface area contributed by atoms with Gasteiger partial charge in [0.15, 0.2) is 11.7 Å².